The lowest BCUT2D eigenvalue weighted by Gasteiger charge is -2.28. The number of benzene rings is 1. The van der Waals surface area contributed by atoms with Crippen molar-refractivity contribution in [3.05, 3.63) is 45.8 Å². The van der Waals surface area contributed by atoms with Crippen molar-refractivity contribution < 1.29 is 27.5 Å². The van der Waals surface area contributed by atoms with Crippen LogP contribution in [0.15, 0.2) is 29.2 Å². The molecule has 0 aliphatic carbocycles. The predicted molar refractivity (Wildman–Crippen MR) is 148 cm³/mol. The van der Waals surface area contributed by atoms with Crippen LogP contribution in [-0.2, 0) is 27.7 Å². The maximum absolute atomic E-state index is 13.2. The number of fused-ring (bicyclic) bond motifs is 1. The van der Waals surface area contributed by atoms with Crippen LogP contribution in [0, 0.1) is 0 Å². The monoisotopic (exact) mass is 577 g/mol. The molecule has 13 heteroatoms. The number of amides is 4. The Labute approximate surface area is 233 Å². The first-order chi connectivity index (χ1) is 18.3. The smallest absolute Gasteiger partial charge is 0.323 e. The molecular weight excluding hydrogens is 542 g/mol. The van der Waals surface area contributed by atoms with Crippen LogP contribution in [0.2, 0.25) is 0 Å². The highest BCUT2D eigenvalue weighted by atomic mass is 32.2. The van der Waals surface area contributed by atoms with Gasteiger partial charge in [-0.1, -0.05) is 6.92 Å². The van der Waals surface area contributed by atoms with Crippen LogP contribution in [-0.4, -0.2) is 86.4 Å². The first-order valence-electron chi connectivity index (χ1n) is 12.8. The third-order valence-electron chi connectivity index (χ3n) is 6.80. The van der Waals surface area contributed by atoms with Gasteiger partial charge in [-0.2, -0.15) is 4.31 Å². The predicted octanol–water partition coefficient (Wildman–Crippen LogP) is 2.94. The van der Waals surface area contributed by atoms with Gasteiger partial charge in [-0.3, -0.25) is 19.8 Å². The SMILES string of the molecule is CCCN1CCc2c(sc(NC(=O)c3ccc(S(=O)(=O)N4COCC4(C)C)cc3)c2C(=O)NC(=O)N(C)C)C1. The molecule has 1 fully saturated rings. The first-order valence-corrected chi connectivity index (χ1v) is 15.0. The topological polar surface area (TPSA) is 128 Å². The second kappa shape index (κ2) is 11.3. The summed E-state index contributed by atoms with van der Waals surface area (Å²) in [4.78, 5) is 43.2. The lowest BCUT2D eigenvalue weighted by molar-refractivity contribution is 0.0956. The van der Waals surface area contributed by atoms with E-state index < -0.39 is 33.4 Å². The molecule has 3 heterocycles. The highest BCUT2D eigenvalue weighted by Crippen LogP contribution is 2.37. The molecule has 1 aromatic carbocycles. The fourth-order valence-corrected chi connectivity index (χ4v) is 7.60. The second-order valence-electron chi connectivity index (χ2n) is 10.5. The van der Waals surface area contributed by atoms with E-state index in [9.17, 15) is 22.8 Å². The molecule has 1 saturated heterocycles. The van der Waals surface area contributed by atoms with Gasteiger partial charge in [0, 0.05) is 37.6 Å². The number of nitrogens with one attached hydrogen (secondary N) is 2. The summed E-state index contributed by atoms with van der Waals surface area (Å²) in [5.74, 6) is -1.05. The van der Waals surface area contributed by atoms with Crippen molar-refractivity contribution >= 4 is 44.2 Å². The zero-order valence-corrected chi connectivity index (χ0v) is 24.5. The number of sulfonamides is 1. The van der Waals surface area contributed by atoms with Crippen molar-refractivity contribution in [1.29, 1.82) is 0 Å². The number of hydrogen-bond donors (Lipinski definition) is 2. The van der Waals surface area contributed by atoms with E-state index in [1.165, 1.54) is 44.8 Å². The van der Waals surface area contributed by atoms with Gasteiger partial charge in [-0.15, -0.1) is 11.3 Å². The molecule has 2 aliphatic heterocycles. The number of carbonyl (C=O) groups excluding carboxylic acids is 3. The highest BCUT2D eigenvalue weighted by Gasteiger charge is 2.42. The maximum atomic E-state index is 13.2. The van der Waals surface area contributed by atoms with Gasteiger partial charge in [0.15, 0.2) is 0 Å². The van der Waals surface area contributed by atoms with Gasteiger partial charge in [0.05, 0.1) is 22.6 Å². The van der Waals surface area contributed by atoms with Crippen LogP contribution in [0.5, 0.6) is 0 Å². The van der Waals surface area contributed by atoms with Gasteiger partial charge in [0.1, 0.15) is 11.7 Å². The fourth-order valence-electron chi connectivity index (χ4n) is 4.66. The number of anilines is 1. The van der Waals surface area contributed by atoms with Gasteiger partial charge in [-0.25, -0.2) is 13.2 Å². The zero-order valence-electron chi connectivity index (χ0n) is 22.9. The molecule has 212 valence electrons. The number of hydrogen-bond acceptors (Lipinski definition) is 8. The van der Waals surface area contributed by atoms with E-state index in [4.69, 9.17) is 4.74 Å². The third-order valence-corrected chi connectivity index (χ3v) is 9.98. The Kier molecular flexibility index (Phi) is 8.47. The lowest BCUT2D eigenvalue weighted by Crippen LogP contribution is -2.44. The van der Waals surface area contributed by atoms with E-state index in [1.807, 2.05) is 0 Å². The Hall–Kier alpha value is -2.84. The molecule has 0 spiro atoms. The van der Waals surface area contributed by atoms with E-state index >= 15 is 0 Å². The summed E-state index contributed by atoms with van der Waals surface area (Å²) in [5, 5.41) is 5.58. The number of imide groups is 1. The quantitative estimate of drug-likeness (QED) is 0.518. The second-order valence-corrected chi connectivity index (χ2v) is 13.5. The normalized spacial score (nSPS) is 17.5. The fraction of sp³-hybridized carbons (Fsp3) is 0.500. The molecule has 11 nitrogen and oxygen atoms in total. The maximum Gasteiger partial charge on any atom is 0.323 e. The zero-order chi connectivity index (χ0) is 28.5. The molecule has 39 heavy (non-hydrogen) atoms. The van der Waals surface area contributed by atoms with E-state index in [0.29, 0.717) is 30.1 Å². The average Bonchev–Trinajstić information content (AvgIpc) is 3.42. The molecule has 0 radical (unpaired) electrons. The van der Waals surface area contributed by atoms with Crippen molar-refractivity contribution in [3.63, 3.8) is 0 Å². The summed E-state index contributed by atoms with van der Waals surface area (Å²) in [5.41, 5.74) is 0.694. The van der Waals surface area contributed by atoms with Gasteiger partial charge < -0.3 is 15.0 Å². The summed E-state index contributed by atoms with van der Waals surface area (Å²) in [6.07, 6.45) is 1.63. The summed E-state index contributed by atoms with van der Waals surface area (Å²) in [6.45, 7) is 8.33. The van der Waals surface area contributed by atoms with Gasteiger partial charge in [0.2, 0.25) is 10.0 Å². The minimum absolute atomic E-state index is 0.0303. The largest absolute Gasteiger partial charge is 0.363 e. The van der Waals surface area contributed by atoms with Crippen LogP contribution in [0.25, 0.3) is 0 Å². The van der Waals surface area contributed by atoms with Crippen molar-refractivity contribution in [2.24, 2.45) is 0 Å². The molecule has 0 bridgehead atoms. The molecule has 1 aromatic heterocycles. The van der Waals surface area contributed by atoms with Crippen molar-refractivity contribution in [2.45, 2.75) is 50.6 Å². The van der Waals surface area contributed by atoms with Crippen molar-refractivity contribution in [2.75, 3.05) is 45.8 Å². The number of carbonyl (C=O) groups is 3. The number of nitrogens with zero attached hydrogens (tertiary/aromatic N) is 3. The van der Waals surface area contributed by atoms with E-state index in [2.05, 4.69) is 22.5 Å². The van der Waals surface area contributed by atoms with Gasteiger partial charge in [0.25, 0.3) is 11.8 Å². The van der Waals surface area contributed by atoms with Crippen LogP contribution in [0.3, 0.4) is 0 Å². The minimum Gasteiger partial charge on any atom is -0.363 e. The number of urea groups is 1. The Balaban J connectivity index is 1.59. The van der Waals surface area contributed by atoms with Gasteiger partial charge in [-0.05, 0) is 63.1 Å². The molecule has 0 atom stereocenters. The Morgan fingerprint density at radius 1 is 1.13 bits per heavy atom. The average molecular weight is 578 g/mol. The molecule has 2 aliphatic rings. The molecule has 2 N–H and O–H groups in total. The molecular formula is C26H35N5O6S2. The summed E-state index contributed by atoms with van der Waals surface area (Å²) < 4.78 is 32.9. The standard InChI is InChI=1S/C26H35N5O6S2/c1-6-12-30-13-11-19-20(14-30)38-24(21(19)23(33)28-25(34)29(4)5)27-22(32)17-7-9-18(10-8-17)39(35,36)31-16-37-15-26(31,2)3/h7-10H,6,11-16H2,1-5H3,(H,27,32)(H,28,33,34). The molecule has 4 amide bonds. The van der Waals surface area contributed by atoms with Crippen LogP contribution in [0.4, 0.5) is 9.80 Å². The Morgan fingerprint density at radius 3 is 2.41 bits per heavy atom. The van der Waals surface area contributed by atoms with Gasteiger partial charge >= 0.3 is 6.03 Å². The first kappa shape index (κ1) is 29.2. The third kappa shape index (κ3) is 6.02. The number of thiophene rings is 1. The number of ether oxygens (including phenoxy) is 1. The molecule has 0 unspecified atom stereocenters. The summed E-state index contributed by atoms with van der Waals surface area (Å²) in [6, 6.07) is 5.12. The van der Waals surface area contributed by atoms with E-state index in [0.717, 1.165) is 30.0 Å². The number of rotatable bonds is 7. The van der Waals surface area contributed by atoms with E-state index in [1.54, 1.807) is 27.9 Å². The van der Waals surface area contributed by atoms with Crippen molar-refractivity contribution in [3.8, 4) is 0 Å². The van der Waals surface area contributed by atoms with E-state index in [-0.39, 0.29) is 17.2 Å². The highest BCUT2D eigenvalue weighted by molar-refractivity contribution is 7.89. The molecule has 4 rings (SSSR count). The van der Waals surface area contributed by atoms with Crippen LogP contribution in [0.1, 0.15) is 58.3 Å². The van der Waals surface area contributed by atoms with Crippen molar-refractivity contribution in [1.82, 2.24) is 19.4 Å². The minimum atomic E-state index is -3.81. The summed E-state index contributed by atoms with van der Waals surface area (Å²) in [7, 11) is -0.731. The van der Waals surface area contributed by atoms with Crippen LogP contribution < -0.4 is 10.6 Å². The summed E-state index contributed by atoms with van der Waals surface area (Å²) >= 11 is 1.33. The Bertz CT molecular complexity index is 1370. The molecule has 0 saturated carbocycles. The van der Waals surface area contributed by atoms with Crippen LogP contribution >= 0.6 is 11.3 Å². The Morgan fingerprint density at radius 2 is 1.82 bits per heavy atom. The molecule has 2 aromatic rings. The lowest BCUT2D eigenvalue weighted by atomic mass is 10.0.